The van der Waals surface area contributed by atoms with Crippen LogP contribution < -0.4 is 16.2 Å². The first-order valence-electron chi connectivity index (χ1n) is 7.82. The van der Waals surface area contributed by atoms with E-state index in [4.69, 9.17) is 5.73 Å². The highest BCUT2D eigenvalue weighted by molar-refractivity contribution is 5.43. The zero-order valence-electron chi connectivity index (χ0n) is 12.7. The van der Waals surface area contributed by atoms with Crippen molar-refractivity contribution in [1.82, 2.24) is 9.78 Å². The Morgan fingerprint density at radius 2 is 1.91 bits per heavy atom. The van der Waals surface area contributed by atoms with E-state index in [0.29, 0.717) is 12.5 Å². The number of benzene rings is 1. The van der Waals surface area contributed by atoms with E-state index in [9.17, 15) is 4.79 Å². The van der Waals surface area contributed by atoms with E-state index in [0.717, 1.165) is 43.7 Å². The van der Waals surface area contributed by atoms with Crippen LogP contribution >= 0.6 is 0 Å². The molecule has 0 atom stereocenters. The van der Waals surface area contributed by atoms with Gasteiger partial charge in [-0.2, -0.15) is 5.10 Å². The van der Waals surface area contributed by atoms with Crippen LogP contribution in [-0.4, -0.2) is 29.4 Å². The normalized spacial score (nSPS) is 16.0. The van der Waals surface area contributed by atoms with E-state index < -0.39 is 0 Å². The first-order chi connectivity index (χ1) is 10.8. The summed E-state index contributed by atoms with van der Waals surface area (Å²) in [6, 6.07) is 11.6. The van der Waals surface area contributed by atoms with E-state index in [-0.39, 0.29) is 5.56 Å². The van der Waals surface area contributed by atoms with Gasteiger partial charge in [0.1, 0.15) is 0 Å². The quantitative estimate of drug-likeness (QED) is 0.928. The van der Waals surface area contributed by atoms with E-state index >= 15 is 0 Å². The summed E-state index contributed by atoms with van der Waals surface area (Å²) in [4.78, 5) is 14.5. The van der Waals surface area contributed by atoms with Crippen LogP contribution in [0.1, 0.15) is 18.4 Å². The molecule has 0 unspecified atom stereocenters. The minimum absolute atomic E-state index is 0.0534. The lowest BCUT2D eigenvalue weighted by atomic mass is 9.97. The van der Waals surface area contributed by atoms with Crippen LogP contribution in [0, 0.1) is 5.92 Å². The fraction of sp³-hybridized carbons (Fsp3) is 0.412. The first kappa shape index (κ1) is 14.8. The van der Waals surface area contributed by atoms with Crippen molar-refractivity contribution in [2.24, 2.45) is 11.7 Å². The van der Waals surface area contributed by atoms with Crippen molar-refractivity contribution >= 4 is 5.69 Å². The molecule has 3 rings (SSSR count). The van der Waals surface area contributed by atoms with Gasteiger partial charge >= 0.3 is 0 Å². The molecule has 5 heteroatoms. The van der Waals surface area contributed by atoms with Gasteiger partial charge in [-0.05, 0) is 30.9 Å². The van der Waals surface area contributed by atoms with Gasteiger partial charge in [-0.15, -0.1) is 0 Å². The smallest absolute Gasteiger partial charge is 0.269 e. The van der Waals surface area contributed by atoms with Crippen molar-refractivity contribution in [3.8, 4) is 0 Å². The minimum Gasteiger partial charge on any atom is -0.370 e. The number of nitrogens with zero attached hydrogens (tertiary/aromatic N) is 3. The molecule has 0 saturated carbocycles. The maximum absolute atomic E-state index is 12.3. The molecular weight excluding hydrogens is 276 g/mol. The van der Waals surface area contributed by atoms with Gasteiger partial charge in [-0.3, -0.25) is 4.79 Å². The highest BCUT2D eigenvalue weighted by atomic mass is 16.1. The third-order valence-electron chi connectivity index (χ3n) is 4.34. The number of rotatable bonds is 4. The van der Waals surface area contributed by atoms with Crippen molar-refractivity contribution in [3.63, 3.8) is 0 Å². The molecule has 116 valence electrons. The summed E-state index contributed by atoms with van der Waals surface area (Å²) in [5.41, 5.74) is 7.67. The van der Waals surface area contributed by atoms with Crippen molar-refractivity contribution < 1.29 is 0 Å². The summed E-state index contributed by atoms with van der Waals surface area (Å²) >= 11 is 0. The van der Waals surface area contributed by atoms with Crippen LogP contribution in [0.2, 0.25) is 0 Å². The van der Waals surface area contributed by atoms with Crippen LogP contribution in [0.15, 0.2) is 47.4 Å². The Labute approximate surface area is 130 Å². The lowest BCUT2D eigenvalue weighted by molar-refractivity contribution is 0.414. The molecule has 0 spiro atoms. The van der Waals surface area contributed by atoms with Crippen LogP contribution in [0.25, 0.3) is 0 Å². The Morgan fingerprint density at radius 3 is 2.55 bits per heavy atom. The number of piperidine rings is 1. The van der Waals surface area contributed by atoms with Crippen LogP contribution in [0.3, 0.4) is 0 Å². The second-order valence-corrected chi connectivity index (χ2v) is 5.86. The maximum Gasteiger partial charge on any atom is 0.269 e. The van der Waals surface area contributed by atoms with Gasteiger partial charge in [-0.1, -0.05) is 30.3 Å². The molecule has 1 fully saturated rings. The third kappa shape index (κ3) is 3.36. The molecule has 22 heavy (non-hydrogen) atoms. The maximum atomic E-state index is 12.3. The van der Waals surface area contributed by atoms with Gasteiger partial charge in [0.15, 0.2) is 0 Å². The molecule has 0 bridgehead atoms. The summed E-state index contributed by atoms with van der Waals surface area (Å²) < 4.78 is 1.51. The SMILES string of the molecule is NCC1CCN(c2cnn(Cc3ccccc3)c(=O)c2)CC1. The Morgan fingerprint density at radius 1 is 1.18 bits per heavy atom. The number of nitrogens with two attached hydrogens (primary N) is 1. The lowest BCUT2D eigenvalue weighted by Gasteiger charge is -2.32. The Kier molecular flexibility index (Phi) is 4.53. The molecule has 5 nitrogen and oxygen atoms in total. The predicted molar refractivity (Wildman–Crippen MR) is 88.0 cm³/mol. The lowest BCUT2D eigenvalue weighted by Crippen LogP contribution is -2.37. The Balaban J connectivity index is 1.71. The second-order valence-electron chi connectivity index (χ2n) is 5.86. The van der Waals surface area contributed by atoms with Crippen molar-refractivity contribution in [2.45, 2.75) is 19.4 Å². The summed E-state index contributed by atoms with van der Waals surface area (Å²) in [6.07, 6.45) is 3.97. The topological polar surface area (TPSA) is 64.2 Å². The fourth-order valence-electron chi connectivity index (χ4n) is 2.90. The molecule has 0 aliphatic carbocycles. The second kappa shape index (κ2) is 6.75. The number of anilines is 1. The molecule has 1 aliphatic heterocycles. The van der Waals surface area contributed by atoms with Crippen LogP contribution in [0.4, 0.5) is 5.69 Å². The van der Waals surface area contributed by atoms with Crippen molar-refractivity contribution in [3.05, 3.63) is 58.5 Å². The van der Waals surface area contributed by atoms with Crippen LogP contribution in [-0.2, 0) is 6.54 Å². The third-order valence-corrected chi connectivity index (χ3v) is 4.34. The van der Waals surface area contributed by atoms with E-state index in [1.165, 1.54) is 4.68 Å². The molecule has 1 saturated heterocycles. The van der Waals surface area contributed by atoms with Crippen molar-refractivity contribution in [2.75, 3.05) is 24.5 Å². The molecule has 2 aromatic rings. The Hall–Kier alpha value is -2.14. The number of hydrogen-bond acceptors (Lipinski definition) is 4. The number of aromatic nitrogens is 2. The van der Waals surface area contributed by atoms with E-state index in [2.05, 4.69) is 10.00 Å². The molecule has 1 aliphatic rings. The molecule has 2 N–H and O–H groups in total. The molecule has 2 heterocycles. The molecular formula is C17H22N4O. The fourth-order valence-corrected chi connectivity index (χ4v) is 2.90. The van der Waals surface area contributed by atoms with Gasteiger partial charge < -0.3 is 10.6 Å². The minimum atomic E-state index is -0.0534. The average molecular weight is 298 g/mol. The standard InChI is InChI=1S/C17H22N4O/c18-11-14-6-8-20(9-7-14)16-10-17(22)21(19-12-16)13-15-4-2-1-3-5-15/h1-5,10,12,14H,6-9,11,13,18H2. The zero-order valence-corrected chi connectivity index (χ0v) is 12.7. The highest BCUT2D eigenvalue weighted by Crippen LogP contribution is 2.20. The van der Waals surface area contributed by atoms with Gasteiger partial charge in [0.2, 0.25) is 0 Å². The molecule has 0 radical (unpaired) electrons. The summed E-state index contributed by atoms with van der Waals surface area (Å²) in [5.74, 6) is 0.614. The zero-order chi connectivity index (χ0) is 15.4. The summed E-state index contributed by atoms with van der Waals surface area (Å²) in [5, 5.41) is 4.33. The van der Waals surface area contributed by atoms with Gasteiger partial charge in [-0.25, -0.2) is 4.68 Å². The molecule has 0 amide bonds. The molecule has 1 aromatic carbocycles. The van der Waals surface area contributed by atoms with Gasteiger partial charge in [0.05, 0.1) is 18.4 Å². The largest absolute Gasteiger partial charge is 0.370 e. The average Bonchev–Trinajstić information content (AvgIpc) is 2.58. The Bertz CT molecular complexity index is 660. The highest BCUT2D eigenvalue weighted by Gasteiger charge is 2.19. The predicted octanol–water partition coefficient (Wildman–Crippen LogP) is 1.47. The monoisotopic (exact) mass is 298 g/mol. The van der Waals surface area contributed by atoms with Crippen LogP contribution in [0.5, 0.6) is 0 Å². The first-order valence-corrected chi connectivity index (χ1v) is 7.82. The van der Waals surface area contributed by atoms with Gasteiger partial charge in [0, 0.05) is 19.2 Å². The number of hydrogen-bond donors (Lipinski definition) is 1. The summed E-state index contributed by atoms with van der Waals surface area (Å²) in [7, 11) is 0. The summed E-state index contributed by atoms with van der Waals surface area (Å²) in [6.45, 7) is 3.16. The van der Waals surface area contributed by atoms with E-state index in [1.54, 1.807) is 12.3 Å². The molecule has 1 aromatic heterocycles. The van der Waals surface area contributed by atoms with Gasteiger partial charge in [0.25, 0.3) is 5.56 Å². The van der Waals surface area contributed by atoms with Crippen molar-refractivity contribution in [1.29, 1.82) is 0 Å². The van der Waals surface area contributed by atoms with E-state index in [1.807, 2.05) is 30.3 Å².